The first-order valence-electron chi connectivity index (χ1n) is 6.78. The fourth-order valence-electron chi connectivity index (χ4n) is 2.17. The summed E-state index contributed by atoms with van der Waals surface area (Å²) in [6, 6.07) is 12.1. The van der Waals surface area contributed by atoms with E-state index in [9.17, 15) is 0 Å². The molecule has 0 atom stereocenters. The van der Waals surface area contributed by atoms with Crippen molar-refractivity contribution >= 4 is 38.8 Å². The summed E-state index contributed by atoms with van der Waals surface area (Å²) in [6.45, 7) is 5.81. The van der Waals surface area contributed by atoms with Crippen molar-refractivity contribution in [2.75, 3.05) is 11.4 Å². The van der Waals surface area contributed by atoms with E-state index in [0.29, 0.717) is 4.99 Å². The van der Waals surface area contributed by atoms with E-state index in [1.54, 1.807) is 0 Å². The molecule has 0 fully saturated rings. The van der Waals surface area contributed by atoms with E-state index in [0.717, 1.165) is 40.2 Å². The molecule has 110 valence electrons. The normalized spacial score (nSPS) is 10.4. The molecule has 3 nitrogen and oxygen atoms in total. The topological polar surface area (TPSA) is 42.2 Å². The van der Waals surface area contributed by atoms with Crippen molar-refractivity contribution in [3.05, 3.63) is 57.8 Å². The lowest BCUT2D eigenvalue weighted by molar-refractivity contribution is 0.805. The van der Waals surface area contributed by atoms with Crippen LogP contribution in [0, 0.1) is 6.92 Å². The lowest BCUT2D eigenvalue weighted by Crippen LogP contribution is -2.23. The first kappa shape index (κ1) is 15.9. The molecule has 5 heteroatoms. The molecule has 0 aliphatic heterocycles. The minimum absolute atomic E-state index is 0.400. The molecule has 0 unspecified atom stereocenters. The second-order valence-electron chi connectivity index (χ2n) is 4.81. The Morgan fingerprint density at radius 3 is 2.67 bits per heavy atom. The van der Waals surface area contributed by atoms with Crippen LogP contribution in [-0.4, -0.2) is 16.5 Å². The highest BCUT2D eigenvalue weighted by Gasteiger charge is 2.10. The lowest BCUT2D eigenvalue weighted by atomic mass is 10.2. The molecule has 0 amide bonds. The van der Waals surface area contributed by atoms with Crippen LogP contribution >= 0.6 is 28.1 Å². The first-order valence-corrected chi connectivity index (χ1v) is 7.98. The van der Waals surface area contributed by atoms with Gasteiger partial charge < -0.3 is 10.6 Å². The summed E-state index contributed by atoms with van der Waals surface area (Å²) in [6.07, 6.45) is 0. The molecule has 1 aromatic carbocycles. The summed E-state index contributed by atoms with van der Waals surface area (Å²) in [7, 11) is 0. The van der Waals surface area contributed by atoms with Crippen molar-refractivity contribution in [3.8, 4) is 0 Å². The van der Waals surface area contributed by atoms with Crippen LogP contribution in [0.5, 0.6) is 0 Å². The molecular formula is C16H18BrN3S. The van der Waals surface area contributed by atoms with Gasteiger partial charge in [-0.1, -0.05) is 18.3 Å². The molecule has 0 aliphatic rings. The van der Waals surface area contributed by atoms with Crippen molar-refractivity contribution < 1.29 is 0 Å². The quantitative estimate of drug-likeness (QED) is 0.820. The molecule has 0 radical (unpaired) electrons. The van der Waals surface area contributed by atoms with E-state index in [1.807, 2.05) is 43.3 Å². The fourth-order valence-corrected chi connectivity index (χ4v) is 3.06. The van der Waals surface area contributed by atoms with Gasteiger partial charge in [0.25, 0.3) is 0 Å². The van der Waals surface area contributed by atoms with Crippen LogP contribution in [0.2, 0.25) is 0 Å². The minimum atomic E-state index is 0.400. The largest absolute Gasteiger partial charge is 0.389 e. The van der Waals surface area contributed by atoms with E-state index in [4.69, 9.17) is 18.0 Å². The van der Waals surface area contributed by atoms with Crippen LogP contribution in [0.15, 0.2) is 40.9 Å². The monoisotopic (exact) mass is 363 g/mol. The molecule has 0 spiro atoms. The molecule has 1 heterocycles. The highest BCUT2D eigenvalue weighted by molar-refractivity contribution is 9.10. The highest BCUT2D eigenvalue weighted by Crippen LogP contribution is 2.25. The summed E-state index contributed by atoms with van der Waals surface area (Å²) >= 11 is 8.56. The van der Waals surface area contributed by atoms with Crippen LogP contribution < -0.4 is 10.6 Å². The minimum Gasteiger partial charge on any atom is -0.389 e. The second kappa shape index (κ2) is 7.00. The van der Waals surface area contributed by atoms with Crippen LogP contribution in [0.25, 0.3) is 0 Å². The zero-order chi connectivity index (χ0) is 15.4. The van der Waals surface area contributed by atoms with Crippen molar-refractivity contribution in [2.45, 2.75) is 20.4 Å². The number of thiocarbonyl (C=S) groups is 1. The Morgan fingerprint density at radius 2 is 2.10 bits per heavy atom. The molecule has 0 saturated carbocycles. The van der Waals surface area contributed by atoms with Gasteiger partial charge in [-0.25, -0.2) is 0 Å². The number of rotatable bonds is 5. The van der Waals surface area contributed by atoms with Crippen molar-refractivity contribution in [3.63, 3.8) is 0 Å². The summed E-state index contributed by atoms with van der Waals surface area (Å²) < 4.78 is 0.920. The number of aromatic nitrogens is 1. The van der Waals surface area contributed by atoms with Crippen LogP contribution in [0.1, 0.15) is 23.9 Å². The number of pyridine rings is 1. The molecule has 21 heavy (non-hydrogen) atoms. The van der Waals surface area contributed by atoms with Gasteiger partial charge in [-0.2, -0.15) is 0 Å². The SMILES string of the molecule is CCN(Cc1cccc(C)n1)c1ccc(C(N)=S)c(Br)c1. The van der Waals surface area contributed by atoms with Gasteiger partial charge in [0.15, 0.2) is 0 Å². The molecule has 0 saturated heterocycles. The van der Waals surface area contributed by atoms with E-state index in [1.165, 1.54) is 0 Å². The zero-order valence-electron chi connectivity index (χ0n) is 12.1. The van der Waals surface area contributed by atoms with Crippen LogP contribution in [0.3, 0.4) is 0 Å². The zero-order valence-corrected chi connectivity index (χ0v) is 14.5. The number of aryl methyl sites for hydroxylation is 1. The average molecular weight is 364 g/mol. The summed E-state index contributed by atoms with van der Waals surface area (Å²) in [4.78, 5) is 7.22. The molecule has 2 rings (SSSR count). The van der Waals surface area contributed by atoms with Gasteiger partial charge in [-0.15, -0.1) is 0 Å². The Hall–Kier alpha value is -1.46. The second-order valence-corrected chi connectivity index (χ2v) is 6.11. The van der Waals surface area contributed by atoms with E-state index in [-0.39, 0.29) is 0 Å². The third kappa shape index (κ3) is 4.02. The van der Waals surface area contributed by atoms with Gasteiger partial charge in [0.2, 0.25) is 0 Å². The smallest absolute Gasteiger partial charge is 0.105 e. The van der Waals surface area contributed by atoms with Gasteiger partial charge in [0, 0.05) is 28.0 Å². The molecular weight excluding hydrogens is 346 g/mol. The Balaban J connectivity index is 2.25. The maximum absolute atomic E-state index is 5.69. The molecule has 0 aliphatic carbocycles. The average Bonchev–Trinajstić information content (AvgIpc) is 2.44. The number of nitrogens with two attached hydrogens (primary N) is 1. The summed E-state index contributed by atoms with van der Waals surface area (Å²) in [5, 5.41) is 0. The Morgan fingerprint density at radius 1 is 1.33 bits per heavy atom. The van der Waals surface area contributed by atoms with E-state index >= 15 is 0 Å². The number of hydrogen-bond acceptors (Lipinski definition) is 3. The van der Waals surface area contributed by atoms with E-state index < -0.39 is 0 Å². The van der Waals surface area contributed by atoms with Gasteiger partial charge in [0.05, 0.1) is 12.2 Å². The number of anilines is 1. The number of nitrogens with zero attached hydrogens (tertiary/aromatic N) is 2. The van der Waals surface area contributed by atoms with Crippen molar-refractivity contribution in [1.82, 2.24) is 4.98 Å². The predicted octanol–water partition coefficient (Wildman–Crippen LogP) is 3.81. The predicted molar refractivity (Wildman–Crippen MR) is 95.7 cm³/mol. The molecule has 2 aromatic rings. The lowest BCUT2D eigenvalue weighted by Gasteiger charge is -2.23. The maximum Gasteiger partial charge on any atom is 0.105 e. The molecule has 2 N–H and O–H groups in total. The highest BCUT2D eigenvalue weighted by atomic mass is 79.9. The Kier molecular flexibility index (Phi) is 5.31. The van der Waals surface area contributed by atoms with Gasteiger partial charge in [0.1, 0.15) is 4.99 Å². The van der Waals surface area contributed by atoms with Crippen molar-refractivity contribution in [1.29, 1.82) is 0 Å². The molecule has 0 bridgehead atoms. The van der Waals surface area contributed by atoms with Gasteiger partial charge >= 0.3 is 0 Å². The fraction of sp³-hybridized carbons (Fsp3) is 0.250. The third-order valence-corrected chi connectivity index (χ3v) is 4.14. The van der Waals surface area contributed by atoms with Crippen molar-refractivity contribution in [2.24, 2.45) is 5.73 Å². The first-order chi connectivity index (χ1) is 10.0. The summed E-state index contributed by atoms with van der Waals surface area (Å²) in [5.41, 5.74) is 9.77. The Labute approximate surface area is 139 Å². The van der Waals surface area contributed by atoms with E-state index in [2.05, 4.69) is 32.7 Å². The number of halogens is 1. The number of hydrogen-bond donors (Lipinski definition) is 1. The summed E-state index contributed by atoms with van der Waals surface area (Å²) in [5.74, 6) is 0. The Bertz CT molecular complexity index is 658. The molecule has 1 aromatic heterocycles. The van der Waals surface area contributed by atoms with Crippen LogP contribution in [0.4, 0.5) is 5.69 Å². The third-order valence-electron chi connectivity index (χ3n) is 3.26. The van der Waals surface area contributed by atoms with Gasteiger partial charge in [-0.05, 0) is 60.1 Å². The maximum atomic E-state index is 5.69. The van der Waals surface area contributed by atoms with Crippen LogP contribution in [-0.2, 0) is 6.54 Å². The van der Waals surface area contributed by atoms with Gasteiger partial charge in [-0.3, -0.25) is 4.98 Å². The number of benzene rings is 1. The standard InChI is InChI=1S/C16H18BrN3S/c1-3-20(10-12-6-4-5-11(2)19-12)13-7-8-14(16(18)21)15(17)9-13/h4-9H,3,10H2,1-2H3,(H2,18,21).